The van der Waals surface area contributed by atoms with Gasteiger partial charge >= 0.3 is 0 Å². The third-order valence-electron chi connectivity index (χ3n) is 3.05. The molecule has 0 radical (unpaired) electrons. The summed E-state index contributed by atoms with van der Waals surface area (Å²) >= 11 is 0. The fourth-order valence-electron chi connectivity index (χ4n) is 2.13. The first-order valence-electron chi connectivity index (χ1n) is 6.50. The number of furan rings is 1. The summed E-state index contributed by atoms with van der Waals surface area (Å²) in [6.45, 7) is 2.57. The first-order chi connectivity index (χ1) is 9.61. The van der Waals surface area contributed by atoms with Crippen LogP contribution in [0.2, 0.25) is 0 Å². The Morgan fingerprint density at radius 2 is 1.90 bits per heavy atom. The summed E-state index contributed by atoms with van der Waals surface area (Å²) < 4.78 is 45.7. The van der Waals surface area contributed by atoms with Crippen LogP contribution in [0.25, 0.3) is 0 Å². The summed E-state index contributed by atoms with van der Waals surface area (Å²) in [5.41, 5.74) is 0.683. The molecule has 5 heteroatoms. The van der Waals surface area contributed by atoms with Gasteiger partial charge in [-0.05, 0) is 31.0 Å². The molecule has 0 spiro atoms. The average Bonchev–Trinajstić information content (AvgIpc) is 2.87. The Morgan fingerprint density at radius 1 is 1.20 bits per heavy atom. The van der Waals surface area contributed by atoms with E-state index in [1.807, 2.05) is 6.92 Å². The topological polar surface area (TPSA) is 25.2 Å². The molecule has 2 aromatic rings. The summed E-state index contributed by atoms with van der Waals surface area (Å²) in [7, 11) is 0. The van der Waals surface area contributed by atoms with Crippen molar-refractivity contribution in [3.63, 3.8) is 0 Å². The summed E-state index contributed by atoms with van der Waals surface area (Å²) in [6, 6.07) is 2.58. The SMILES string of the molecule is CCCNC(Cc1ccoc1)c1c(F)cc(F)cc1F. The van der Waals surface area contributed by atoms with Gasteiger partial charge in [-0.25, -0.2) is 13.2 Å². The van der Waals surface area contributed by atoms with Crippen LogP contribution < -0.4 is 5.32 Å². The van der Waals surface area contributed by atoms with E-state index in [1.54, 1.807) is 6.07 Å². The molecule has 1 aromatic carbocycles. The molecular weight excluding hydrogens is 267 g/mol. The minimum atomic E-state index is -0.915. The highest BCUT2D eigenvalue weighted by Crippen LogP contribution is 2.25. The Kier molecular flexibility index (Phi) is 4.84. The van der Waals surface area contributed by atoms with Crippen molar-refractivity contribution in [2.45, 2.75) is 25.8 Å². The molecule has 1 atom stereocenters. The van der Waals surface area contributed by atoms with Gasteiger partial charge in [-0.3, -0.25) is 0 Å². The normalized spacial score (nSPS) is 12.6. The molecule has 2 rings (SSSR count). The molecule has 20 heavy (non-hydrogen) atoms. The number of rotatable bonds is 6. The van der Waals surface area contributed by atoms with E-state index in [4.69, 9.17) is 4.42 Å². The van der Waals surface area contributed by atoms with Gasteiger partial charge in [0.2, 0.25) is 0 Å². The Morgan fingerprint density at radius 3 is 2.45 bits per heavy atom. The van der Waals surface area contributed by atoms with Crippen LogP contribution in [0, 0.1) is 17.5 Å². The Labute approximate surface area is 115 Å². The van der Waals surface area contributed by atoms with Crippen LogP contribution in [0.15, 0.2) is 35.1 Å². The van der Waals surface area contributed by atoms with Crippen LogP contribution >= 0.6 is 0 Å². The lowest BCUT2D eigenvalue weighted by atomic mass is 9.99. The lowest BCUT2D eigenvalue weighted by Crippen LogP contribution is -2.26. The molecule has 2 nitrogen and oxygen atoms in total. The van der Waals surface area contributed by atoms with E-state index in [2.05, 4.69) is 5.32 Å². The number of benzene rings is 1. The van der Waals surface area contributed by atoms with E-state index in [0.717, 1.165) is 12.0 Å². The van der Waals surface area contributed by atoms with Gasteiger partial charge in [-0.1, -0.05) is 6.92 Å². The zero-order chi connectivity index (χ0) is 14.5. The maximum Gasteiger partial charge on any atom is 0.133 e. The Bertz CT molecular complexity index is 531. The number of hydrogen-bond donors (Lipinski definition) is 1. The van der Waals surface area contributed by atoms with E-state index in [0.29, 0.717) is 25.1 Å². The smallest absolute Gasteiger partial charge is 0.133 e. The van der Waals surface area contributed by atoms with Crippen molar-refractivity contribution < 1.29 is 17.6 Å². The van der Waals surface area contributed by atoms with Gasteiger partial charge in [0.05, 0.1) is 12.5 Å². The van der Waals surface area contributed by atoms with Crippen molar-refractivity contribution in [2.24, 2.45) is 0 Å². The van der Waals surface area contributed by atoms with Crippen molar-refractivity contribution in [3.8, 4) is 0 Å². The monoisotopic (exact) mass is 283 g/mol. The fraction of sp³-hybridized carbons (Fsp3) is 0.333. The zero-order valence-corrected chi connectivity index (χ0v) is 11.1. The van der Waals surface area contributed by atoms with E-state index >= 15 is 0 Å². The second-order valence-corrected chi connectivity index (χ2v) is 4.63. The van der Waals surface area contributed by atoms with Gasteiger partial charge in [-0.15, -0.1) is 0 Å². The lowest BCUT2D eigenvalue weighted by molar-refractivity contribution is 0.453. The summed E-state index contributed by atoms with van der Waals surface area (Å²) in [4.78, 5) is 0. The second-order valence-electron chi connectivity index (χ2n) is 4.63. The molecule has 0 fully saturated rings. The molecule has 0 aliphatic heterocycles. The van der Waals surface area contributed by atoms with E-state index in [-0.39, 0.29) is 5.56 Å². The predicted octanol–water partition coefficient (Wildman–Crippen LogP) is 3.98. The highest BCUT2D eigenvalue weighted by atomic mass is 19.1. The molecule has 0 saturated carbocycles. The molecule has 1 heterocycles. The summed E-state index contributed by atoms with van der Waals surface area (Å²) in [5, 5.41) is 3.08. The molecule has 1 aromatic heterocycles. The molecule has 108 valence electrons. The summed E-state index contributed by atoms with van der Waals surface area (Å²) in [6.07, 6.45) is 4.23. The molecular formula is C15H16F3NO. The zero-order valence-electron chi connectivity index (χ0n) is 11.1. The molecule has 0 bridgehead atoms. The average molecular weight is 283 g/mol. The maximum atomic E-state index is 13.9. The number of hydrogen-bond acceptors (Lipinski definition) is 2. The van der Waals surface area contributed by atoms with E-state index in [1.165, 1.54) is 12.5 Å². The highest BCUT2D eigenvalue weighted by molar-refractivity contribution is 5.26. The van der Waals surface area contributed by atoms with Crippen LogP contribution in [-0.4, -0.2) is 6.54 Å². The first kappa shape index (κ1) is 14.7. The first-order valence-corrected chi connectivity index (χ1v) is 6.50. The molecule has 0 aliphatic rings. The maximum absolute atomic E-state index is 13.9. The van der Waals surface area contributed by atoms with Gasteiger partial charge < -0.3 is 9.73 Å². The number of halogens is 3. The van der Waals surface area contributed by atoms with Gasteiger partial charge in [0, 0.05) is 23.7 Å². The number of nitrogens with one attached hydrogen (secondary N) is 1. The van der Waals surface area contributed by atoms with Crippen molar-refractivity contribution >= 4 is 0 Å². The molecule has 0 aliphatic carbocycles. The molecule has 1 unspecified atom stereocenters. The van der Waals surface area contributed by atoms with Crippen molar-refractivity contribution in [3.05, 3.63) is 59.3 Å². The second kappa shape index (κ2) is 6.61. The Hall–Kier alpha value is -1.75. The minimum absolute atomic E-state index is 0.138. The standard InChI is InChI=1S/C15H16F3NO/c1-2-4-19-14(6-10-3-5-20-9-10)15-12(17)7-11(16)8-13(15)18/h3,5,7-9,14,19H,2,4,6H2,1H3. The van der Waals surface area contributed by atoms with Crippen molar-refractivity contribution in [1.29, 1.82) is 0 Å². The van der Waals surface area contributed by atoms with Crippen LogP contribution in [-0.2, 0) is 6.42 Å². The largest absolute Gasteiger partial charge is 0.472 e. The van der Waals surface area contributed by atoms with E-state index in [9.17, 15) is 13.2 Å². The minimum Gasteiger partial charge on any atom is -0.472 e. The van der Waals surface area contributed by atoms with Crippen LogP contribution in [0.5, 0.6) is 0 Å². The lowest BCUT2D eigenvalue weighted by Gasteiger charge is -2.19. The van der Waals surface area contributed by atoms with Gasteiger partial charge in [-0.2, -0.15) is 0 Å². The quantitative estimate of drug-likeness (QED) is 0.867. The van der Waals surface area contributed by atoms with Crippen LogP contribution in [0.3, 0.4) is 0 Å². The van der Waals surface area contributed by atoms with Crippen LogP contribution in [0.4, 0.5) is 13.2 Å². The van der Waals surface area contributed by atoms with Crippen LogP contribution in [0.1, 0.15) is 30.5 Å². The van der Waals surface area contributed by atoms with E-state index < -0.39 is 23.5 Å². The predicted molar refractivity (Wildman–Crippen MR) is 69.8 cm³/mol. The van der Waals surface area contributed by atoms with Crippen molar-refractivity contribution in [2.75, 3.05) is 6.54 Å². The third-order valence-corrected chi connectivity index (χ3v) is 3.05. The Balaban J connectivity index is 2.30. The molecule has 1 N–H and O–H groups in total. The summed E-state index contributed by atoms with van der Waals surface area (Å²) in [5.74, 6) is -2.67. The van der Waals surface area contributed by atoms with Gasteiger partial charge in [0.15, 0.2) is 0 Å². The molecule has 0 amide bonds. The fourth-order valence-corrected chi connectivity index (χ4v) is 2.13. The van der Waals surface area contributed by atoms with Gasteiger partial charge in [0.1, 0.15) is 17.5 Å². The highest BCUT2D eigenvalue weighted by Gasteiger charge is 2.21. The third kappa shape index (κ3) is 3.42. The molecule has 0 saturated heterocycles. The van der Waals surface area contributed by atoms with Crippen molar-refractivity contribution in [1.82, 2.24) is 5.32 Å². The van der Waals surface area contributed by atoms with Gasteiger partial charge in [0.25, 0.3) is 0 Å².